The highest BCUT2D eigenvalue weighted by Crippen LogP contribution is 2.10. The number of halogens is 2. The normalized spacial score (nSPS) is 11.4. The first kappa shape index (κ1) is 20.5. The second kappa shape index (κ2) is 17.6. The molecule has 0 saturated carbocycles. The summed E-state index contributed by atoms with van der Waals surface area (Å²) in [5.41, 5.74) is 0. The van der Waals surface area contributed by atoms with E-state index >= 15 is 0 Å². The molecule has 0 aromatic carbocycles. The first-order chi connectivity index (χ1) is 9.85. The maximum absolute atomic E-state index is 5.65. The van der Waals surface area contributed by atoms with Gasteiger partial charge in [-0.1, -0.05) is 64.7 Å². The van der Waals surface area contributed by atoms with Crippen LogP contribution in [-0.4, -0.2) is 31.3 Å². The third-order valence-corrected chi connectivity index (χ3v) is 4.06. The first-order valence-corrected chi connectivity index (χ1v) is 9.23. The molecule has 0 atom stereocenters. The van der Waals surface area contributed by atoms with Gasteiger partial charge in [-0.05, 0) is 6.42 Å². The minimum Gasteiger partial charge on any atom is -0.355 e. The number of unbranched alkanes of at least 4 members (excludes halogenated alkanes) is 9. The summed E-state index contributed by atoms with van der Waals surface area (Å²) in [6.45, 7) is 3.34. The minimum atomic E-state index is -0.0916. The van der Waals surface area contributed by atoms with Gasteiger partial charge in [0.15, 0.2) is 0 Å². The number of alkyl halides is 2. The van der Waals surface area contributed by atoms with Gasteiger partial charge in [0.2, 0.25) is 0 Å². The van der Waals surface area contributed by atoms with Crippen molar-refractivity contribution in [2.45, 2.75) is 77.2 Å². The van der Waals surface area contributed by atoms with Crippen LogP contribution < -0.4 is 0 Å². The molecule has 0 spiro atoms. The average molecular weight is 327 g/mol. The van der Waals surface area contributed by atoms with Crippen LogP contribution in [0.15, 0.2) is 0 Å². The monoisotopic (exact) mass is 326 g/mol. The Balaban J connectivity index is 3.02. The van der Waals surface area contributed by atoms with Crippen molar-refractivity contribution >= 4 is 23.2 Å². The summed E-state index contributed by atoms with van der Waals surface area (Å²) in [4.78, 5) is 0. The number of ether oxygens (including phenoxy) is 2. The van der Waals surface area contributed by atoms with Crippen molar-refractivity contribution in [1.29, 1.82) is 0 Å². The van der Waals surface area contributed by atoms with E-state index in [2.05, 4.69) is 6.92 Å². The SMILES string of the molecule is CCCCCCCCCCCCOCOC(CCl)CCl. The van der Waals surface area contributed by atoms with Crippen LogP contribution in [0.25, 0.3) is 0 Å². The molecular weight excluding hydrogens is 295 g/mol. The Kier molecular flexibility index (Phi) is 18.0. The standard InChI is InChI=1S/C16H32Cl2O2/c1-2-3-4-5-6-7-8-9-10-11-12-19-15-20-16(13-17)14-18/h16H,2-15H2,1H3. The van der Waals surface area contributed by atoms with E-state index < -0.39 is 0 Å². The summed E-state index contributed by atoms with van der Waals surface area (Å²) in [6.07, 6.45) is 13.3. The van der Waals surface area contributed by atoms with Gasteiger partial charge in [0.25, 0.3) is 0 Å². The number of rotatable bonds is 16. The Labute approximate surface area is 135 Å². The van der Waals surface area contributed by atoms with E-state index in [1.54, 1.807) is 0 Å². The van der Waals surface area contributed by atoms with Crippen LogP contribution in [0.1, 0.15) is 71.1 Å². The van der Waals surface area contributed by atoms with Gasteiger partial charge in [0.1, 0.15) is 6.79 Å². The molecule has 0 aliphatic carbocycles. The lowest BCUT2D eigenvalue weighted by Gasteiger charge is -2.11. The first-order valence-electron chi connectivity index (χ1n) is 8.16. The van der Waals surface area contributed by atoms with E-state index in [0.29, 0.717) is 18.6 Å². The van der Waals surface area contributed by atoms with Crippen molar-refractivity contribution < 1.29 is 9.47 Å². The molecule has 0 amide bonds. The minimum absolute atomic E-state index is 0.0916. The number of hydrogen-bond donors (Lipinski definition) is 0. The Morgan fingerprint density at radius 3 is 1.75 bits per heavy atom. The molecule has 0 aliphatic rings. The molecule has 0 bridgehead atoms. The van der Waals surface area contributed by atoms with Crippen molar-refractivity contribution in [3.63, 3.8) is 0 Å². The zero-order chi connectivity index (χ0) is 14.9. The lowest BCUT2D eigenvalue weighted by molar-refractivity contribution is -0.0770. The molecule has 4 heteroatoms. The molecule has 0 N–H and O–H groups in total. The van der Waals surface area contributed by atoms with E-state index in [0.717, 1.165) is 13.0 Å². The molecule has 20 heavy (non-hydrogen) atoms. The van der Waals surface area contributed by atoms with Crippen molar-refractivity contribution in [1.82, 2.24) is 0 Å². The van der Waals surface area contributed by atoms with E-state index in [9.17, 15) is 0 Å². The molecule has 0 heterocycles. The van der Waals surface area contributed by atoms with Crippen LogP contribution in [0.5, 0.6) is 0 Å². The highest BCUT2D eigenvalue weighted by atomic mass is 35.5. The van der Waals surface area contributed by atoms with Crippen molar-refractivity contribution in [2.24, 2.45) is 0 Å². The van der Waals surface area contributed by atoms with Gasteiger partial charge in [0.05, 0.1) is 6.10 Å². The summed E-state index contributed by atoms with van der Waals surface area (Å²) in [5, 5.41) is 0. The maximum atomic E-state index is 5.65. The van der Waals surface area contributed by atoms with E-state index in [1.165, 1.54) is 57.8 Å². The van der Waals surface area contributed by atoms with Crippen LogP contribution in [0.4, 0.5) is 0 Å². The van der Waals surface area contributed by atoms with Crippen LogP contribution in [0.3, 0.4) is 0 Å². The Bertz CT molecular complexity index is 176. The van der Waals surface area contributed by atoms with Crippen LogP contribution in [-0.2, 0) is 9.47 Å². The van der Waals surface area contributed by atoms with Gasteiger partial charge < -0.3 is 9.47 Å². The molecule has 122 valence electrons. The van der Waals surface area contributed by atoms with E-state index in [1.807, 2.05) is 0 Å². The molecular formula is C16H32Cl2O2. The Morgan fingerprint density at radius 2 is 1.25 bits per heavy atom. The molecule has 0 aromatic rings. The third-order valence-electron chi connectivity index (χ3n) is 3.37. The molecule has 0 aliphatic heterocycles. The predicted molar refractivity (Wildman–Crippen MR) is 89.0 cm³/mol. The molecule has 0 aromatic heterocycles. The number of hydrogen-bond acceptors (Lipinski definition) is 2. The van der Waals surface area contributed by atoms with Gasteiger partial charge in [-0.25, -0.2) is 0 Å². The zero-order valence-electron chi connectivity index (χ0n) is 13.0. The molecule has 0 rings (SSSR count). The zero-order valence-corrected chi connectivity index (χ0v) is 14.6. The van der Waals surface area contributed by atoms with Crippen molar-refractivity contribution in [3.8, 4) is 0 Å². The smallest absolute Gasteiger partial charge is 0.147 e. The van der Waals surface area contributed by atoms with Gasteiger partial charge in [-0.3, -0.25) is 0 Å². The quantitative estimate of drug-likeness (QED) is 0.204. The van der Waals surface area contributed by atoms with Crippen LogP contribution >= 0.6 is 23.2 Å². The van der Waals surface area contributed by atoms with E-state index in [4.69, 9.17) is 32.7 Å². The lowest BCUT2D eigenvalue weighted by atomic mass is 10.1. The van der Waals surface area contributed by atoms with Crippen molar-refractivity contribution in [2.75, 3.05) is 25.2 Å². The fourth-order valence-corrected chi connectivity index (χ4v) is 2.53. The third kappa shape index (κ3) is 14.9. The van der Waals surface area contributed by atoms with E-state index in [-0.39, 0.29) is 6.10 Å². The van der Waals surface area contributed by atoms with Gasteiger partial charge in [-0.15, -0.1) is 23.2 Å². The van der Waals surface area contributed by atoms with Gasteiger partial charge in [0, 0.05) is 18.4 Å². The largest absolute Gasteiger partial charge is 0.355 e. The second-order valence-electron chi connectivity index (χ2n) is 5.31. The average Bonchev–Trinajstić information content (AvgIpc) is 2.48. The van der Waals surface area contributed by atoms with Gasteiger partial charge in [-0.2, -0.15) is 0 Å². The fourth-order valence-electron chi connectivity index (χ4n) is 2.03. The molecule has 0 unspecified atom stereocenters. The van der Waals surface area contributed by atoms with Crippen LogP contribution in [0.2, 0.25) is 0 Å². The Morgan fingerprint density at radius 1 is 0.750 bits per heavy atom. The summed E-state index contributed by atoms with van der Waals surface area (Å²) >= 11 is 11.3. The maximum Gasteiger partial charge on any atom is 0.147 e. The van der Waals surface area contributed by atoms with Crippen LogP contribution in [0, 0.1) is 0 Å². The molecule has 0 saturated heterocycles. The molecule has 0 fully saturated rings. The van der Waals surface area contributed by atoms with Gasteiger partial charge >= 0.3 is 0 Å². The molecule has 2 nitrogen and oxygen atoms in total. The fraction of sp³-hybridized carbons (Fsp3) is 1.00. The summed E-state index contributed by atoms with van der Waals surface area (Å²) in [5.74, 6) is 0.843. The highest BCUT2D eigenvalue weighted by Gasteiger charge is 2.04. The predicted octanol–water partition coefficient (Wildman–Crippen LogP) is 5.74. The summed E-state index contributed by atoms with van der Waals surface area (Å²) in [7, 11) is 0. The second-order valence-corrected chi connectivity index (χ2v) is 5.92. The Hall–Kier alpha value is 0.500. The highest BCUT2D eigenvalue weighted by molar-refractivity contribution is 6.21. The molecule has 0 radical (unpaired) electrons. The lowest BCUT2D eigenvalue weighted by Crippen LogP contribution is -2.18. The summed E-state index contributed by atoms with van der Waals surface area (Å²) < 4.78 is 10.7. The topological polar surface area (TPSA) is 18.5 Å². The summed E-state index contributed by atoms with van der Waals surface area (Å²) in [6, 6.07) is 0. The van der Waals surface area contributed by atoms with Crippen molar-refractivity contribution in [3.05, 3.63) is 0 Å².